The average molecular weight is 423 g/mol. The van der Waals surface area contributed by atoms with Crippen LogP contribution in [0.4, 0.5) is 14.5 Å². The minimum atomic E-state index is -2.97. The molecule has 0 saturated heterocycles. The number of rotatable bonds is 6. The summed E-state index contributed by atoms with van der Waals surface area (Å²) in [6.45, 7) is -2.97. The van der Waals surface area contributed by atoms with Crippen LogP contribution in [0.25, 0.3) is 22.8 Å². The van der Waals surface area contributed by atoms with Crippen LogP contribution in [0.5, 0.6) is 5.75 Å². The summed E-state index contributed by atoms with van der Waals surface area (Å²) in [5.74, 6) is -0.539. The predicted octanol–water partition coefficient (Wildman–Crippen LogP) is 3.36. The largest absolute Gasteiger partial charge is 0.434 e. The van der Waals surface area contributed by atoms with Crippen molar-refractivity contribution in [1.29, 1.82) is 0 Å². The van der Waals surface area contributed by atoms with Crippen LogP contribution in [0.1, 0.15) is 5.56 Å². The lowest BCUT2D eigenvalue weighted by Crippen LogP contribution is -2.12. The van der Waals surface area contributed by atoms with E-state index in [1.54, 1.807) is 42.5 Å². The highest BCUT2D eigenvalue weighted by molar-refractivity contribution is 6.03. The summed E-state index contributed by atoms with van der Waals surface area (Å²) >= 11 is 0. The van der Waals surface area contributed by atoms with E-state index >= 15 is 0 Å². The van der Waals surface area contributed by atoms with Crippen molar-refractivity contribution in [3.8, 4) is 11.4 Å². The van der Waals surface area contributed by atoms with E-state index < -0.39 is 12.5 Å². The van der Waals surface area contributed by atoms with E-state index in [-0.39, 0.29) is 11.3 Å². The molecule has 156 valence electrons. The number of hydrogen-bond donors (Lipinski definition) is 2. The van der Waals surface area contributed by atoms with Gasteiger partial charge in [-0.15, -0.1) is 0 Å². The first-order valence-electron chi connectivity index (χ1n) is 9.06. The molecule has 2 aromatic carbocycles. The van der Waals surface area contributed by atoms with Crippen molar-refractivity contribution in [1.82, 2.24) is 19.7 Å². The van der Waals surface area contributed by atoms with Gasteiger partial charge in [0.2, 0.25) is 5.91 Å². The molecule has 0 spiro atoms. The van der Waals surface area contributed by atoms with E-state index in [0.717, 1.165) is 0 Å². The highest BCUT2D eigenvalue weighted by atomic mass is 19.3. The zero-order valence-corrected chi connectivity index (χ0v) is 15.8. The number of para-hydroxylation sites is 3. The lowest BCUT2D eigenvalue weighted by Gasteiger charge is -2.10. The fourth-order valence-electron chi connectivity index (χ4n) is 2.96. The van der Waals surface area contributed by atoms with Gasteiger partial charge in [0.1, 0.15) is 11.1 Å². The van der Waals surface area contributed by atoms with Gasteiger partial charge in [-0.25, -0.2) is 9.67 Å². The molecule has 2 N–H and O–H groups in total. The Hall–Kier alpha value is -4.34. The number of benzene rings is 2. The molecular weight excluding hydrogens is 408 g/mol. The summed E-state index contributed by atoms with van der Waals surface area (Å²) in [7, 11) is 0. The van der Waals surface area contributed by atoms with Crippen LogP contribution in [0.3, 0.4) is 0 Å². The fourth-order valence-corrected chi connectivity index (χ4v) is 2.96. The number of nitrogens with zero attached hydrogens (tertiary/aromatic N) is 3. The van der Waals surface area contributed by atoms with E-state index in [9.17, 15) is 18.4 Å². The summed E-state index contributed by atoms with van der Waals surface area (Å²) in [4.78, 5) is 31.0. The van der Waals surface area contributed by atoms with Gasteiger partial charge in [-0.3, -0.25) is 9.59 Å². The van der Waals surface area contributed by atoms with E-state index in [1.165, 1.54) is 35.4 Å². The van der Waals surface area contributed by atoms with Gasteiger partial charge in [-0.05, 0) is 24.3 Å². The Kier molecular flexibility index (Phi) is 5.52. The number of aromatic nitrogens is 4. The number of halogens is 2. The molecule has 10 heteroatoms. The second-order valence-electron chi connectivity index (χ2n) is 6.28. The first kappa shape index (κ1) is 20.0. The molecule has 31 heavy (non-hydrogen) atoms. The summed E-state index contributed by atoms with van der Waals surface area (Å²) in [6, 6.07) is 13.0. The van der Waals surface area contributed by atoms with E-state index in [0.29, 0.717) is 28.0 Å². The molecule has 8 nitrogen and oxygen atoms in total. The molecule has 0 aliphatic carbocycles. The van der Waals surface area contributed by atoms with Crippen LogP contribution in [0.15, 0.2) is 71.9 Å². The molecule has 4 aromatic rings. The van der Waals surface area contributed by atoms with Crippen molar-refractivity contribution in [2.75, 3.05) is 5.32 Å². The smallest absolute Gasteiger partial charge is 0.387 e. The molecule has 0 bridgehead atoms. The maximum absolute atomic E-state index is 12.5. The number of amides is 1. The second kappa shape index (κ2) is 8.57. The van der Waals surface area contributed by atoms with Crippen molar-refractivity contribution in [2.24, 2.45) is 0 Å². The van der Waals surface area contributed by atoms with Gasteiger partial charge >= 0.3 is 6.61 Å². The number of fused-ring (bicyclic) bond motifs is 1. The normalized spacial score (nSPS) is 11.3. The number of ether oxygens (including phenoxy) is 1. The molecule has 1 amide bonds. The third-order valence-corrected chi connectivity index (χ3v) is 4.31. The van der Waals surface area contributed by atoms with Crippen LogP contribution in [-0.4, -0.2) is 32.3 Å². The Balaban J connectivity index is 1.60. The van der Waals surface area contributed by atoms with Gasteiger partial charge in [0.15, 0.2) is 5.65 Å². The number of H-pyrrole nitrogens is 1. The lowest BCUT2D eigenvalue weighted by atomic mass is 10.2. The SMILES string of the molecule is O=C(/C=C/c1ccccc1OC(F)F)Nc1ccccc1-n1ncc2c(=O)[nH]cnc21. The number of carbonyl (C=O) groups excluding carboxylic acids is 1. The van der Waals surface area contributed by atoms with Crippen LogP contribution in [0.2, 0.25) is 0 Å². The fraction of sp³-hybridized carbons (Fsp3) is 0.0476. The predicted molar refractivity (Wildman–Crippen MR) is 110 cm³/mol. The van der Waals surface area contributed by atoms with Gasteiger partial charge in [-0.1, -0.05) is 30.3 Å². The van der Waals surface area contributed by atoms with Gasteiger partial charge < -0.3 is 15.0 Å². The monoisotopic (exact) mass is 423 g/mol. The third kappa shape index (κ3) is 4.32. The maximum atomic E-state index is 12.5. The molecule has 0 unspecified atom stereocenters. The molecular formula is C21H15F2N5O3. The third-order valence-electron chi connectivity index (χ3n) is 4.31. The Morgan fingerprint density at radius 1 is 1.16 bits per heavy atom. The molecule has 4 rings (SSSR count). The van der Waals surface area contributed by atoms with Crippen LogP contribution in [0, 0.1) is 0 Å². The number of carbonyl (C=O) groups is 1. The first-order chi connectivity index (χ1) is 15.0. The molecule has 0 atom stereocenters. The van der Waals surface area contributed by atoms with E-state index in [1.807, 2.05) is 0 Å². The van der Waals surface area contributed by atoms with Crippen molar-refractivity contribution in [3.05, 3.63) is 83.0 Å². The van der Waals surface area contributed by atoms with E-state index in [4.69, 9.17) is 0 Å². The van der Waals surface area contributed by atoms with Gasteiger partial charge in [0.05, 0.1) is 23.9 Å². The molecule has 0 saturated carbocycles. The minimum Gasteiger partial charge on any atom is -0.434 e. The first-order valence-corrected chi connectivity index (χ1v) is 9.06. The Morgan fingerprint density at radius 3 is 2.77 bits per heavy atom. The maximum Gasteiger partial charge on any atom is 0.387 e. The van der Waals surface area contributed by atoms with E-state index in [2.05, 4.69) is 25.1 Å². The quantitative estimate of drug-likeness (QED) is 0.463. The molecule has 2 aromatic heterocycles. The lowest BCUT2D eigenvalue weighted by molar-refractivity contribution is -0.111. The summed E-state index contributed by atoms with van der Waals surface area (Å²) in [5, 5.41) is 7.23. The standard InChI is InChI=1S/C21H15F2N5O3/c22-21(23)31-17-8-4-1-5-13(17)9-10-18(29)27-15-6-2-3-7-16(15)28-19-14(11-26-28)20(30)25-12-24-19/h1-12,21H,(H,27,29)(H,24,25,30)/b10-9+. The highest BCUT2D eigenvalue weighted by Gasteiger charge is 2.13. The second-order valence-corrected chi connectivity index (χ2v) is 6.28. The van der Waals surface area contributed by atoms with Crippen molar-refractivity contribution < 1.29 is 18.3 Å². The summed E-state index contributed by atoms with van der Waals surface area (Å²) < 4.78 is 31.0. The number of hydrogen-bond acceptors (Lipinski definition) is 5. The average Bonchev–Trinajstić information content (AvgIpc) is 3.18. The summed E-state index contributed by atoms with van der Waals surface area (Å²) in [6.07, 6.45) is 5.24. The Morgan fingerprint density at radius 2 is 1.94 bits per heavy atom. The van der Waals surface area contributed by atoms with Crippen LogP contribution >= 0.6 is 0 Å². The summed E-state index contributed by atoms with van der Waals surface area (Å²) in [5.41, 5.74) is 1.25. The zero-order valence-electron chi connectivity index (χ0n) is 15.8. The van der Waals surface area contributed by atoms with Crippen LogP contribution in [-0.2, 0) is 4.79 Å². The van der Waals surface area contributed by atoms with Gasteiger partial charge in [-0.2, -0.15) is 13.9 Å². The highest BCUT2D eigenvalue weighted by Crippen LogP contribution is 2.23. The number of nitrogens with one attached hydrogen (secondary N) is 2. The molecule has 0 fully saturated rings. The Bertz CT molecular complexity index is 1330. The molecule has 2 heterocycles. The molecule has 0 aliphatic rings. The van der Waals surface area contributed by atoms with Crippen molar-refractivity contribution in [3.63, 3.8) is 0 Å². The Labute approximate surface area is 173 Å². The topological polar surface area (TPSA) is 102 Å². The van der Waals surface area contributed by atoms with Crippen molar-refractivity contribution >= 4 is 28.7 Å². The van der Waals surface area contributed by atoms with Gasteiger partial charge in [0, 0.05) is 11.6 Å². The minimum absolute atomic E-state index is 0.0405. The number of aromatic amines is 1. The number of alkyl halides is 2. The molecule has 0 aliphatic heterocycles. The zero-order chi connectivity index (χ0) is 21.8. The van der Waals surface area contributed by atoms with Crippen LogP contribution < -0.4 is 15.6 Å². The van der Waals surface area contributed by atoms with Gasteiger partial charge in [0.25, 0.3) is 5.56 Å². The van der Waals surface area contributed by atoms with Crippen molar-refractivity contribution in [2.45, 2.75) is 6.61 Å². The molecule has 0 radical (unpaired) electrons. The number of anilines is 1.